The van der Waals surface area contributed by atoms with Crippen LogP contribution in [0.2, 0.25) is 0 Å². The molecule has 0 saturated carbocycles. The highest BCUT2D eigenvalue weighted by molar-refractivity contribution is 5.90. The van der Waals surface area contributed by atoms with E-state index in [-0.39, 0.29) is 24.2 Å². The van der Waals surface area contributed by atoms with E-state index in [0.29, 0.717) is 39.0 Å². The number of alkyl halides is 3. The van der Waals surface area contributed by atoms with Crippen LogP contribution in [-0.4, -0.2) is 79.2 Å². The largest absolute Gasteiger partial charge is 0.573 e. The summed E-state index contributed by atoms with van der Waals surface area (Å²) in [5.74, 6) is -1.73. The second-order valence-corrected chi connectivity index (χ2v) is 9.49. The van der Waals surface area contributed by atoms with E-state index in [4.69, 9.17) is 14.2 Å². The summed E-state index contributed by atoms with van der Waals surface area (Å²) in [7, 11) is 0. The molecule has 214 valence electrons. The quantitative estimate of drug-likeness (QED) is 0.383. The minimum atomic E-state index is -4.95. The lowest BCUT2D eigenvalue weighted by Crippen LogP contribution is -2.56. The zero-order valence-corrected chi connectivity index (χ0v) is 21.7. The van der Waals surface area contributed by atoms with Crippen LogP contribution in [0.25, 0.3) is 0 Å². The topological polar surface area (TPSA) is 119 Å². The van der Waals surface area contributed by atoms with E-state index in [1.807, 2.05) is 6.92 Å². The van der Waals surface area contributed by atoms with E-state index in [9.17, 15) is 27.9 Å². The maximum absolute atomic E-state index is 13.6. The van der Waals surface area contributed by atoms with Crippen LogP contribution in [-0.2, 0) is 23.8 Å². The summed E-state index contributed by atoms with van der Waals surface area (Å²) in [6, 6.07) is 2.95. The molecule has 10 nitrogen and oxygen atoms in total. The summed E-state index contributed by atoms with van der Waals surface area (Å²) < 4.78 is 59.0. The van der Waals surface area contributed by atoms with Gasteiger partial charge in [-0.1, -0.05) is 32.0 Å². The van der Waals surface area contributed by atoms with Crippen LogP contribution >= 0.6 is 0 Å². The number of carbonyl (C=O) groups excluding carboxylic acids is 2. The Hall–Kier alpha value is -2.45. The van der Waals surface area contributed by atoms with E-state index >= 15 is 0 Å². The van der Waals surface area contributed by atoms with Gasteiger partial charge in [-0.05, 0) is 38.2 Å². The van der Waals surface area contributed by atoms with Crippen molar-refractivity contribution in [1.29, 1.82) is 0 Å². The molecule has 3 rings (SSSR count). The summed E-state index contributed by atoms with van der Waals surface area (Å²) in [4.78, 5) is 28.3. The Bertz CT molecular complexity index is 934. The number of nitrogens with zero attached hydrogens (tertiary/aromatic N) is 1. The minimum absolute atomic E-state index is 0.0479. The molecule has 0 spiro atoms. The standard InChI is InChI=1S/C25H36F3N3O7/c1-4-36-24-17(11-13-35-14-37-24)29-22(33)18-9-7-12-31(18)23(34)20(15(2)3)30-21(32)16-8-5-6-10-19(16)38-25(26,27)28/h5-6,8,10,15,17-18,20-21,24,30,32H,4,7,9,11-14H2,1-3H3,(H,29,33)/t17-,18-,20-,21?,24+/m0/s1. The number of benzene rings is 1. The van der Waals surface area contributed by atoms with Crippen molar-refractivity contribution in [1.82, 2.24) is 15.5 Å². The number of amides is 2. The first-order valence-corrected chi connectivity index (χ1v) is 12.7. The molecule has 2 saturated heterocycles. The first kappa shape index (κ1) is 30.1. The van der Waals surface area contributed by atoms with Crippen LogP contribution in [0.4, 0.5) is 13.2 Å². The molecule has 2 fully saturated rings. The number of hydrogen-bond acceptors (Lipinski definition) is 8. The molecule has 1 aromatic carbocycles. The molecule has 0 radical (unpaired) electrons. The lowest BCUT2D eigenvalue weighted by molar-refractivity contribution is -0.275. The fraction of sp³-hybridized carbons (Fsp3) is 0.680. The number of ether oxygens (including phenoxy) is 4. The smallest absolute Gasteiger partial charge is 0.405 e. The number of aliphatic hydroxyl groups is 1. The molecule has 2 heterocycles. The molecule has 3 N–H and O–H groups in total. The highest BCUT2D eigenvalue weighted by Gasteiger charge is 2.40. The summed E-state index contributed by atoms with van der Waals surface area (Å²) >= 11 is 0. The van der Waals surface area contributed by atoms with Gasteiger partial charge < -0.3 is 34.3 Å². The van der Waals surface area contributed by atoms with Crippen LogP contribution < -0.4 is 15.4 Å². The van der Waals surface area contributed by atoms with Gasteiger partial charge in [0, 0.05) is 18.7 Å². The van der Waals surface area contributed by atoms with E-state index in [1.54, 1.807) is 13.8 Å². The average Bonchev–Trinajstić information content (AvgIpc) is 3.25. The highest BCUT2D eigenvalue weighted by Crippen LogP contribution is 2.30. The molecule has 1 aromatic rings. The Labute approximate surface area is 219 Å². The van der Waals surface area contributed by atoms with E-state index in [0.717, 1.165) is 6.07 Å². The van der Waals surface area contributed by atoms with Crippen molar-refractivity contribution in [2.75, 3.05) is 26.6 Å². The maximum atomic E-state index is 13.6. The first-order chi connectivity index (χ1) is 18.0. The molecule has 13 heteroatoms. The van der Waals surface area contributed by atoms with Gasteiger partial charge in [-0.3, -0.25) is 14.9 Å². The van der Waals surface area contributed by atoms with Gasteiger partial charge >= 0.3 is 6.36 Å². The molecule has 2 aliphatic heterocycles. The van der Waals surface area contributed by atoms with Crippen molar-refractivity contribution < 1.29 is 46.8 Å². The third-order valence-electron chi connectivity index (χ3n) is 6.42. The number of hydrogen-bond donors (Lipinski definition) is 3. The van der Waals surface area contributed by atoms with Crippen LogP contribution in [0.15, 0.2) is 24.3 Å². The lowest BCUT2D eigenvalue weighted by atomic mass is 10.0. The third kappa shape index (κ3) is 8.03. The van der Waals surface area contributed by atoms with Gasteiger partial charge in [-0.15, -0.1) is 13.2 Å². The predicted molar refractivity (Wildman–Crippen MR) is 128 cm³/mol. The van der Waals surface area contributed by atoms with E-state index in [2.05, 4.69) is 15.4 Å². The summed E-state index contributed by atoms with van der Waals surface area (Å²) in [5, 5.41) is 16.4. The Morgan fingerprint density at radius 1 is 1.24 bits per heavy atom. The van der Waals surface area contributed by atoms with Crippen LogP contribution in [0, 0.1) is 5.92 Å². The number of nitrogens with one attached hydrogen (secondary N) is 2. The Morgan fingerprint density at radius 2 is 1.97 bits per heavy atom. The van der Waals surface area contributed by atoms with Crippen molar-refractivity contribution in [2.24, 2.45) is 5.92 Å². The molecule has 5 atom stereocenters. The Balaban J connectivity index is 1.72. The second-order valence-electron chi connectivity index (χ2n) is 9.49. The van der Waals surface area contributed by atoms with E-state index < -0.39 is 48.7 Å². The van der Waals surface area contributed by atoms with E-state index in [1.165, 1.54) is 23.1 Å². The van der Waals surface area contributed by atoms with Gasteiger partial charge in [-0.2, -0.15) is 0 Å². The summed E-state index contributed by atoms with van der Waals surface area (Å²) in [5.41, 5.74) is -0.170. The van der Waals surface area contributed by atoms with Crippen molar-refractivity contribution in [3.8, 4) is 5.75 Å². The molecular formula is C25H36F3N3O7. The highest BCUT2D eigenvalue weighted by atomic mass is 19.4. The number of halogens is 3. The fourth-order valence-corrected chi connectivity index (χ4v) is 4.60. The summed E-state index contributed by atoms with van der Waals surface area (Å²) in [6.45, 7) is 6.41. The van der Waals surface area contributed by atoms with Crippen LogP contribution in [0.1, 0.15) is 51.8 Å². The number of aliphatic hydroxyl groups excluding tert-OH is 1. The minimum Gasteiger partial charge on any atom is -0.405 e. The molecule has 0 bridgehead atoms. The molecule has 2 aliphatic rings. The number of para-hydroxylation sites is 1. The SMILES string of the molecule is CCO[C@@H]1OCOCC[C@@H]1NC(=O)[C@@H]1CCCN1C(=O)[C@@H](NC(O)c1ccccc1OC(F)(F)F)C(C)C. The van der Waals surface area contributed by atoms with Gasteiger partial charge in [0.25, 0.3) is 0 Å². The van der Waals surface area contributed by atoms with Gasteiger partial charge in [0.2, 0.25) is 11.8 Å². The summed E-state index contributed by atoms with van der Waals surface area (Å²) in [6.07, 6.45) is -5.76. The van der Waals surface area contributed by atoms with Crippen LogP contribution in [0.5, 0.6) is 5.75 Å². The number of rotatable bonds is 10. The first-order valence-electron chi connectivity index (χ1n) is 12.7. The Morgan fingerprint density at radius 3 is 2.66 bits per heavy atom. The van der Waals surface area contributed by atoms with Crippen molar-refractivity contribution in [3.63, 3.8) is 0 Å². The average molecular weight is 548 g/mol. The normalized spacial score (nSPS) is 24.1. The van der Waals surface area contributed by atoms with Gasteiger partial charge in [-0.25, -0.2) is 0 Å². The van der Waals surface area contributed by atoms with Crippen molar-refractivity contribution >= 4 is 11.8 Å². The van der Waals surface area contributed by atoms with Crippen molar-refractivity contribution in [3.05, 3.63) is 29.8 Å². The predicted octanol–water partition coefficient (Wildman–Crippen LogP) is 2.42. The van der Waals surface area contributed by atoms with Crippen molar-refractivity contribution in [2.45, 2.75) is 77.0 Å². The molecule has 1 unspecified atom stereocenters. The van der Waals surface area contributed by atoms with Gasteiger partial charge in [0.05, 0.1) is 18.7 Å². The van der Waals surface area contributed by atoms with Gasteiger partial charge in [0.15, 0.2) is 6.29 Å². The number of carbonyl (C=O) groups is 2. The molecule has 2 amide bonds. The lowest BCUT2D eigenvalue weighted by Gasteiger charge is -2.33. The van der Waals surface area contributed by atoms with Gasteiger partial charge in [0.1, 0.15) is 24.8 Å². The molecule has 0 aliphatic carbocycles. The third-order valence-corrected chi connectivity index (χ3v) is 6.42. The molecular weight excluding hydrogens is 511 g/mol. The zero-order chi connectivity index (χ0) is 27.9. The molecule has 38 heavy (non-hydrogen) atoms. The molecule has 0 aromatic heterocycles. The maximum Gasteiger partial charge on any atom is 0.573 e. The van der Waals surface area contributed by atoms with Crippen LogP contribution in [0.3, 0.4) is 0 Å². The monoisotopic (exact) mass is 547 g/mol. The zero-order valence-electron chi connectivity index (χ0n) is 21.7. The Kier molecular flexibility index (Phi) is 10.7. The second kappa shape index (κ2) is 13.6. The number of likely N-dealkylation sites (tertiary alicyclic amines) is 1. The fourth-order valence-electron chi connectivity index (χ4n) is 4.60.